The average molecular weight is 566 g/mol. The van der Waals surface area contributed by atoms with Crippen LogP contribution in [0.25, 0.3) is 22.0 Å². The first-order valence-electron chi connectivity index (χ1n) is 11.7. The molecule has 3 aromatic heterocycles. The van der Waals surface area contributed by atoms with Gasteiger partial charge in [0.2, 0.25) is 15.8 Å². The number of nitrogens with zero attached hydrogens (tertiary/aromatic N) is 5. The molecule has 200 valence electrons. The lowest BCUT2D eigenvalue weighted by molar-refractivity contribution is 0.0583. The smallest absolute Gasteiger partial charge is 0.292 e. The molecule has 0 saturated carbocycles. The summed E-state index contributed by atoms with van der Waals surface area (Å²) < 4.78 is 52.1. The summed E-state index contributed by atoms with van der Waals surface area (Å²) in [6.07, 6.45) is 11.6. The number of amides is 1. The van der Waals surface area contributed by atoms with Crippen molar-refractivity contribution in [1.29, 1.82) is 0 Å². The van der Waals surface area contributed by atoms with Gasteiger partial charge in [-0.05, 0) is 42.0 Å². The van der Waals surface area contributed by atoms with Gasteiger partial charge in [0, 0.05) is 66.5 Å². The molecule has 39 heavy (non-hydrogen) atoms. The predicted molar refractivity (Wildman–Crippen MR) is 143 cm³/mol. The van der Waals surface area contributed by atoms with Crippen LogP contribution in [0.15, 0.2) is 66.2 Å². The second-order valence-electron chi connectivity index (χ2n) is 8.96. The second kappa shape index (κ2) is 10.2. The van der Waals surface area contributed by atoms with E-state index in [1.807, 2.05) is 0 Å². The molecule has 1 fully saturated rings. The van der Waals surface area contributed by atoms with E-state index in [0.717, 1.165) is 9.87 Å². The fourth-order valence-corrected chi connectivity index (χ4v) is 6.76. The van der Waals surface area contributed by atoms with Gasteiger partial charge in [0.05, 0.1) is 11.8 Å². The zero-order valence-electron chi connectivity index (χ0n) is 20.4. The number of hydrogen-bond acceptors (Lipinski definition) is 8. The summed E-state index contributed by atoms with van der Waals surface area (Å²) in [6.45, 7) is -0.449. The van der Waals surface area contributed by atoms with Crippen LogP contribution in [0.5, 0.6) is 0 Å². The first-order chi connectivity index (χ1) is 18.5. The zero-order chi connectivity index (χ0) is 27.8. The Balaban J connectivity index is 1.40. The molecule has 1 aliphatic rings. The Kier molecular flexibility index (Phi) is 6.91. The van der Waals surface area contributed by atoms with E-state index in [2.05, 4.69) is 25.9 Å². The van der Waals surface area contributed by atoms with Crippen LogP contribution in [0.3, 0.4) is 0 Å². The highest BCUT2D eigenvalue weighted by molar-refractivity contribution is 7.89. The molecule has 0 radical (unpaired) electrons. The van der Waals surface area contributed by atoms with E-state index in [0.29, 0.717) is 22.0 Å². The van der Waals surface area contributed by atoms with Gasteiger partial charge in [-0.2, -0.15) is 4.31 Å². The van der Waals surface area contributed by atoms with Crippen LogP contribution >= 0.6 is 0 Å². The highest BCUT2D eigenvalue weighted by Gasteiger charge is 2.39. The maximum atomic E-state index is 13.5. The second-order valence-corrected chi connectivity index (χ2v) is 12.5. The van der Waals surface area contributed by atoms with Crippen molar-refractivity contribution < 1.29 is 21.6 Å². The van der Waals surface area contributed by atoms with E-state index < -0.39 is 37.7 Å². The van der Waals surface area contributed by atoms with Crippen LogP contribution in [-0.2, 0) is 20.0 Å². The Morgan fingerprint density at radius 1 is 1.05 bits per heavy atom. The number of primary sulfonamides is 1. The van der Waals surface area contributed by atoms with Crippen molar-refractivity contribution in [3.05, 3.63) is 72.6 Å². The molecule has 1 aromatic carbocycles. The van der Waals surface area contributed by atoms with Gasteiger partial charge in [0.1, 0.15) is 5.03 Å². The normalized spacial score (nSPS) is 16.7. The maximum Gasteiger partial charge on any atom is 0.292 e. The van der Waals surface area contributed by atoms with Gasteiger partial charge >= 0.3 is 0 Å². The van der Waals surface area contributed by atoms with E-state index >= 15 is 0 Å². The van der Waals surface area contributed by atoms with E-state index in [9.17, 15) is 21.6 Å². The number of terminal acetylenes is 1. The molecule has 14 heteroatoms. The van der Waals surface area contributed by atoms with Gasteiger partial charge in [0.15, 0.2) is 0 Å². The summed E-state index contributed by atoms with van der Waals surface area (Å²) in [6, 6.07) is 9.00. The Bertz CT molecular complexity index is 1800. The average Bonchev–Trinajstić information content (AvgIpc) is 3.37. The third-order valence-electron chi connectivity index (χ3n) is 6.37. The summed E-state index contributed by atoms with van der Waals surface area (Å²) in [5.41, 5.74) is 2.65. The number of hydrogen-bond donors (Lipinski definition) is 2. The topological polar surface area (TPSA) is 172 Å². The lowest BCUT2D eigenvalue weighted by Gasteiger charge is -2.39. The number of carbonyl (C=O) groups is 1. The number of sulfonamides is 2. The molecule has 5 rings (SSSR count). The molecule has 1 saturated heterocycles. The highest BCUT2D eigenvalue weighted by atomic mass is 32.2. The van der Waals surface area contributed by atoms with Gasteiger partial charge in [-0.1, -0.05) is 5.92 Å². The van der Waals surface area contributed by atoms with Gasteiger partial charge < -0.3 is 9.88 Å². The lowest BCUT2D eigenvalue weighted by atomic mass is 10.1. The summed E-state index contributed by atoms with van der Waals surface area (Å²) >= 11 is 0. The molecule has 0 bridgehead atoms. The quantitative estimate of drug-likeness (QED) is 0.323. The monoisotopic (exact) mass is 565 g/mol. The molecule has 0 aliphatic carbocycles. The number of fused-ring (bicyclic) bond motifs is 1. The van der Waals surface area contributed by atoms with Crippen molar-refractivity contribution in [2.45, 2.75) is 11.1 Å². The van der Waals surface area contributed by atoms with Crippen LogP contribution in [0.4, 0.5) is 0 Å². The number of benzene rings is 1. The molecular formula is C25H23N7O5S2. The molecular weight excluding hydrogens is 542 g/mol. The Morgan fingerprint density at radius 2 is 1.77 bits per heavy atom. The fraction of sp³-hybridized carbons (Fsp3) is 0.200. The minimum atomic E-state index is -4.07. The zero-order valence-corrected chi connectivity index (χ0v) is 22.1. The van der Waals surface area contributed by atoms with Gasteiger partial charge in [-0.25, -0.2) is 31.9 Å². The molecule has 1 aliphatic heterocycles. The number of aromatic amines is 1. The van der Waals surface area contributed by atoms with Crippen LogP contribution in [0, 0.1) is 12.3 Å². The van der Waals surface area contributed by atoms with E-state index in [-0.39, 0.29) is 30.5 Å². The number of rotatable bonds is 6. The van der Waals surface area contributed by atoms with Crippen molar-refractivity contribution in [3.63, 3.8) is 0 Å². The number of aromatic nitrogens is 4. The molecule has 3 N–H and O–H groups in total. The minimum Gasteiger partial charge on any atom is -0.345 e. The molecule has 12 nitrogen and oxygen atoms in total. The molecule has 1 amide bonds. The largest absolute Gasteiger partial charge is 0.345 e. The van der Waals surface area contributed by atoms with Crippen molar-refractivity contribution >= 4 is 36.9 Å². The summed E-state index contributed by atoms with van der Waals surface area (Å²) in [5.74, 6) is 1.09. The SMILES string of the molecule is C#Cc1ccc2[nH]c(S(=O)(=O)N3CCN(C(=O)c4ncc(-c5ccncc5)cn4)C(CS(N)(=O)=O)C3)cc2c1. The van der Waals surface area contributed by atoms with Crippen LogP contribution < -0.4 is 5.14 Å². The Labute approximate surface area is 225 Å². The van der Waals surface area contributed by atoms with Crippen molar-refractivity contribution in [3.8, 4) is 23.5 Å². The van der Waals surface area contributed by atoms with E-state index in [1.54, 1.807) is 42.7 Å². The molecule has 1 atom stereocenters. The first kappa shape index (κ1) is 26.4. The number of H-pyrrole nitrogens is 1. The van der Waals surface area contributed by atoms with Gasteiger partial charge in [-0.3, -0.25) is 9.78 Å². The van der Waals surface area contributed by atoms with Crippen LogP contribution in [0.2, 0.25) is 0 Å². The van der Waals surface area contributed by atoms with Crippen LogP contribution in [0.1, 0.15) is 16.2 Å². The number of nitrogens with one attached hydrogen (secondary N) is 1. The summed E-state index contributed by atoms with van der Waals surface area (Å²) in [7, 11) is -8.13. The third-order valence-corrected chi connectivity index (χ3v) is 9.00. The molecule has 4 aromatic rings. The van der Waals surface area contributed by atoms with E-state index in [4.69, 9.17) is 11.6 Å². The standard InChI is InChI=1S/C25H23N7O5S2/c1-2-17-3-4-22-19(11-17)12-23(30-22)39(36,37)31-9-10-32(21(15-31)16-38(26,34)35)25(33)24-28-13-20(14-29-24)18-5-7-27-8-6-18/h1,3-8,11-14,21,30H,9-10,15-16H2,(H2,26,34,35). The highest BCUT2D eigenvalue weighted by Crippen LogP contribution is 2.25. The fourth-order valence-electron chi connectivity index (χ4n) is 4.46. The van der Waals surface area contributed by atoms with Crippen molar-refractivity contribution in [2.75, 3.05) is 25.4 Å². The van der Waals surface area contributed by atoms with Gasteiger partial charge in [-0.15, -0.1) is 6.42 Å². The van der Waals surface area contributed by atoms with Crippen molar-refractivity contribution in [1.82, 2.24) is 29.1 Å². The number of piperazine rings is 1. The van der Waals surface area contributed by atoms with Crippen molar-refractivity contribution in [2.24, 2.45) is 5.14 Å². The number of carbonyl (C=O) groups excluding carboxylic acids is 1. The third kappa shape index (κ3) is 5.52. The van der Waals surface area contributed by atoms with Gasteiger partial charge in [0.25, 0.3) is 15.9 Å². The Hall–Kier alpha value is -4.16. The first-order valence-corrected chi connectivity index (χ1v) is 14.8. The lowest BCUT2D eigenvalue weighted by Crippen LogP contribution is -2.59. The molecule has 1 unspecified atom stereocenters. The summed E-state index contributed by atoms with van der Waals surface area (Å²) in [5, 5.41) is 5.85. The molecule has 4 heterocycles. The molecule has 0 spiro atoms. The maximum absolute atomic E-state index is 13.5. The van der Waals surface area contributed by atoms with Crippen LogP contribution in [-0.4, -0.2) is 83.3 Å². The number of pyridine rings is 1. The minimum absolute atomic E-state index is 0.0733. The Morgan fingerprint density at radius 3 is 2.44 bits per heavy atom. The van der Waals surface area contributed by atoms with E-state index in [1.165, 1.54) is 23.4 Å². The predicted octanol–water partition coefficient (Wildman–Crippen LogP) is 0.805. The summed E-state index contributed by atoms with van der Waals surface area (Å²) in [4.78, 5) is 29.7. The number of nitrogens with two attached hydrogens (primary N) is 1.